The lowest BCUT2D eigenvalue weighted by atomic mass is 10.3. The summed E-state index contributed by atoms with van der Waals surface area (Å²) in [4.78, 5) is 0. The highest BCUT2D eigenvalue weighted by Crippen LogP contribution is 2.12. The summed E-state index contributed by atoms with van der Waals surface area (Å²) in [6, 6.07) is 64.0. The van der Waals surface area contributed by atoms with E-state index in [1.54, 1.807) is 0 Å². The molecule has 6 aromatic rings. The van der Waals surface area contributed by atoms with Gasteiger partial charge in [-0.3, -0.25) is 0 Å². The number of benzene rings is 6. The van der Waals surface area contributed by atoms with E-state index in [9.17, 15) is 0 Å². The van der Waals surface area contributed by atoms with E-state index in [4.69, 9.17) is 12.3 Å². The molecule has 0 aliphatic heterocycles. The maximum atomic E-state index is 7.15. The average Bonchev–Trinajstić information content (AvgIpc) is 3.11. The Labute approximate surface area is 261 Å². The van der Waals surface area contributed by atoms with Crippen molar-refractivity contribution in [1.82, 2.24) is 0 Å². The van der Waals surface area contributed by atoms with E-state index >= 15 is 0 Å². The van der Waals surface area contributed by atoms with E-state index in [2.05, 4.69) is 182 Å². The molecule has 0 spiro atoms. The van der Waals surface area contributed by atoms with Gasteiger partial charge in [0.1, 0.15) is 0 Å². The average molecular weight is 627 g/mol. The topological polar surface area (TPSA) is 27.7 Å². The Bertz CT molecular complexity index is 1350. The van der Waals surface area contributed by atoms with E-state index in [1.165, 1.54) is 31.1 Å². The van der Waals surface area contributed by atoms with Crippen molar-refractivity contribution >= 4 is 67.8 Å². The molecule has 7 heteroatoms. The third kappa shape index (κ3) is 6.10. The highest BCUT2D eigenvalue weighted by atomic mass is 28.4. The van der Waals surface area contributed by atoms with Crippen LogP contribution in [0.3, 0.4) is 0 Å². The molecule has 43 heavy (non-hydrogen) atoms. The first-order valence-electron chi connectivity index (χ1n) is 14.5. The fourth-order valence-electron chi connectivity index (χ4n) is 5.83. The molecule has 0 unspecified atom stereocenters. The van der Waals surface area contributed by atoms with Crippen molar-refractivity contribution in [2.45, 2.75) is 0 Å². The first-order valence-corrected chi connectivity index (χ1v) is 20.7. The number of hydrogen-bond acceptors (Lipinski definition) is 3. The molecule has 6 rings (SSSR count). The molecule has 212 valence electrons. The molecule has 0 radical (unpaired) electrons. The van der Waals surface area contributed by atoms with Gasteiger partial charge >= 0.3 is 0 Å². The normalized spacial score (nSPS) is 12.3. The Morgan fingerprint density at radius 1 is 0.279 bits per heavy atom. The second-order valence-corrected chi connectivity index (χ2v) is 20.9. The van der Waals surface area contributed by atoms with Crippen molar-refractivity contribution in [3.8, 4) is 0 Å². The Morgan fingerprint density at radius 2 is 0.465 bits per heavy atom. The van der Waals surface area contributed by atoms with E-state index in [1.807, 2.05) is 0 Å². The minimum atomic E-state index is -2.80. The van der Waals surface area contributed by atoms with Crippen LogP contribution in [0.5, 0.6) is 0 Å². The largest absolute Gasteiger partial charge is 0.430 e. The predicted molar refractivity (Wildman–Crippen MR) is 188 cm³/mol. The molecule has 0 fully saturated rings. The van der Waals surface area contributed by atoms with Crippen LogP contribution < -0.4 is 31.1 Å². The minimum Gasteiger partial charge on any atom is -0.430 e. The van der Waals surface area contributed by atoms with Crippen LogP contribution in [0, 0.1) is 0 Å². The summed E-state index contributed by atoms with van der Waals surface area (Å²) in [6.07, 6.45) is 0. The molecule has 0 saturated carbocycles. The summed E-state index contributed by atoms with van der Waals surface area (Å²) in [6.45, 7) is 0. The summed E-state index contributed by atoms with van der Waals surface area (Å²) in [7, 11) is -8.42. The first kappa shape index (κ1) is 29.2. The van der Waals surface area contributed by atoms with Crippen molar-refractivity contribution in [3.63, 3.8) is 0 Å². The second-order valence-electron chi connectivity index (χ2n) is 10.3. The molecule has 0 atom stereocenters. The highest BCUT2D eigenvalue weighted by Gasteiger charge is 2.43. The molecule has 6 aromatic carbocycles. The van der Waals surface area contributed by atoms with Gasteiger partial charge in [0.2, 0.25) is 0 Å². The zero-order valence-electron chi connectivity index (χ0n) is 24.0. The van der Waals surface area contributed by atoms with Gasteiger partial charge in [-0.15, -0.1) is 0 Å². The molecule has 0 saturated heterocycles. The summed E-state index contributed by atoms with van der Waals surface area (Å²) in [5, 5.41) is 7.29. The van der Waals surface area contributed by atoms with E-state index in [0.29, 0.717) is 0 Å². The van der Waals surface area contributed by atoms with Crippen LogP contribution in [-0.2, 0) is 12.3 Å². The minimum absolute atomic E-state index is 1.22. The Kier molecular flexibility index (Phi) is 9.51. The monoisotopic (exact) mass is 626 g/mol. The predicted octanol–water partition coefficient (Wildman–Crippen LogP) is 2.37. The van der Waals surface area contributed by atoms with Crippen molar-refractivity contribution in [2.24, 2.45) is 0 Å². The van der Waals surface area contributed by atoms with Crippen molar-refractivity contribution in [3.05, 3.63) is 182 Å². The van der Waals surface area contributed by atoms with Crippen LogP contribution in [-0.4, -0.2) is 36.6 Å². The van der Waals surface area contributed by atoms with Crippen LogP contribution in [0.1, 0.15) is 0 Å². The van der Waals surface area contributed by atoms with Crippen LogP contribution >= 0.6 is 0 Å². The second kappa shape index (κ2) is 14.0. The Balaban J connectivity index is 1.33. The maximum Gasteiger partial charge on any atom is 0.285 e. The SMILES string of the molecule is c1ccc([Si](O[SiH2]O[SiH2]O[Si](c2ccccc2)(c2ccccc2)c2ccccc2)(c2ccccc2)c2ccccc2)cc1. The molecule has 0 aliphatic rings. The molecule has 0 amide bonds. The summed E-state index contributed by atoms with van der Waals surface area (Å²) in [5.41, 5.74) is 0. The van der Waals surface area contributed by atoms with Crippen LogP contribution in [0.25, 0.3) is 0 Å². The quantitative estimate of drug-likeness (QED) is 0.119. The van der Waals surface area contributed by atoms with Crippen molar-refractivity contribution < 1.29 is 12.3 Å². The van der Waals surface area contributed by atoms with Crippen LogP contribution in [0.4, 0.5) is 0 Å². The zero-order valence-corrected chi connectivity index (χ0v) is 28.8. The lowest BCUT2D eigenvalue weighted by Crippen LogP contribution is -2.70. The molecule has 0 N–H and O–H groups in total. The van der Waals surface area contributed by atoms with Gasteiger partial charge in [0, 0.05) is 0 Å². The smallest absolute Gasteiger partial charge is 0.285 e. The van der Waals surface area contributed by atoms with E-state index in [-0.39, 0.29) is 0 Å². The lowest BCUT2D eigenvalue weighted by Gasteiger charge is -2.35. The van der Waals surface area contributed by atoms with E-state index in [0.717, 1.165) is 0 Å². The fraction of sp³-hybridized carbons (Fsp3) is 0. The van der Waals surface area contributed by atoms with Crippen molar-refractivity contribution in [2.75, 3.05) is 0 Å². The number of hydrogen-bond donors (Lipinski definition) is 0. The molecule has 0 heterocycles. The maximum absolute atomic E-state index is 7.15. The Morgan fingerprint density at radius 3 is 0.651 bits per heavy atom. The third-order valence-corrected chi connectivity index (χ3v) is 20.4. The zero-order chi connectivity index (χ0) is 29.2. The van der Waals surface area contributed by atoms with Gasteiger partial charge in [0.25, 0.3) is 36.6 Å². The molecule has 0 aliphatic carbocycles. The van der Waals surface area contributed by atoms with Crippen molar-refractivity contribution in [1.29, 1.82) is 0 Å². The first-order chi connectivity index (χ1) is 21.3. The summed E-state index contributed by atoms with van der Waals surface area (Å²) < 4.78 is 20.9. The van der Waals surface area contributed by atoms with Crippen LogP contribution in [0.15, 0.2) is 182 Å². The van der Waals surface area contributed by atoms with Gasteiger partial charge in [-0.25, -0.2) is 0 Å². The molecule has 3 nitrogen and oxygen atoms in total. The van der Waals surface area contributed by atoms with Crippen LogP contribution in [0.2, 0.25) is 0 Å². The van der Waals surface area contributed by atoms with Gasteiger partial charge in [0.15, 0.2) is 0 Å². The fourth-order valence-corrected chi connectivity index (χ4v) is 19.7. The Hall–Kier alpha value is -3.93. The van der Waals surface area contributed by atoms with Gasteiger partial charge in [-0.05, 0) is 31.1 Å². The van der Waals surface area contributed by atoms with Gasteiger partial charge in [-0.1, -0.05) is 182 Å². The molecule has 0 bridgehead atoms. The third-order valence-electron chi connectivity index (χ3n) is 7.80. The number of rotatable bonds is 12. The standard InChI is InChI=1S/C36H34O3Si4/c1-7-19-31(20-8-1)42(32-21-9-2-10-22-32,33-23-11-3-12-24-33)38-40-37-41-39-43(34-25-13-4-14-26-34,35-27-15-5-16-28-35)36-29-17-6-18-30-36/h1-30H,40-41H2. The van der Waals surface area contributed by atoms with Gasteiger partial charge in [0.05, 0.1) is 0 Å². The molecule has 0 aromatic heterocycles. The summed E-state index contributed by atoms with van der Waals surface area (Å²) >= 11 is 0. The molecular formula is C36H34O3Si4. The van der Waals surface area contributed by atoms with E-state index < -0.39 is 36.6 Å². The lowest BCUT2D eigenvalue weighted by molar-refractivity contribution is 0.424. The highest BCUT2D eigenvalue weighted by molar-refractivity contribution is 7.09. The molecular weight excluding hydrogens is 593 g/mol. The van der Waals surface area contributed by atoms with Gasteiger partial charge in [-0.2, -0.15) is 0 Å². The summed E-state index contributed by atoms with van der Waals surface area (Å²) in [5.74, 6) is 0. The van der Waals surface area contributed by atoms with Gasteiger partial charge < -0.3 is 12.3 Å².